The van der Waals surface area contributed by atoms with Crippen LogP contribution in [0.5, 0.6) is 5.75 Å². The molecule has 9 nitrogen and oxygen atoms in total. The van der Waals surface area contributed by atoms with Crippen molar-refractivity contribution >= 4 is 22.6 Å². The molecule has 0 saturated carbocycles. The number of guanidine groups is 1. The van der Waals surface area contributed by atoms with Gasteiger partial charge in [0, 0.05) is 40.0 Å². The van der Waals surface area contributed by atoms with E-state index < -0.39 is 6.23 Å². The first-order valence-corrected chi connectivity index (χ1v) is 16.5. The lowest BCUT2D eigenvalue weighted by molar-refractivity contribution is 0.173. The zero-order valence-electron chi connectivity index (χ0n) is 27.3. The molecule has 242 valence electrons. The summed E-state index contributed by atoms with van der Waals surface area (Å²) in [5, 5.41) is 4.56. The van der Waals surface area contributed by atoms with Crippen LogP contribution in [0.3, 0.4) is 0 Å². The highest BCUT2D eigenvalue weighted by molar-refractivity contribution is 5.93. The van der Waals surface area contributed by atoms with Crippen LogP contribution < -0.4 is 21.5 Å². The van der Waals surface area contributed by atoms with Crippen LogP contribution in [0.15, 0.2) is 109 Å². The fourth-order valence-electron chi connectivity index (χ4n) is 6.48. The maximum atomic E-state index is 6.93. The number of H-pyrrole nitrogens is 1. The standard InChI is InChI=1S/C36H32N8O.C3H8/c1-21(42-36(37)38)23-8-10-31-27(16-23)18-32-28-9-7-25(30-20-41-34(43-30)29-6-3-13-40-29)19-33(28)45-35(44(31)32)26-5-2-4-24(17-26)22-11-14-39-15-12-22;1-3-2/h2,4-5,7-12,14-20,29,35,40H,1,3,6,13H2,(H,41,43)(H4,37,38,42);3H2,1-2H3. The van der Waals surface area contributed by atoms with Gasteiger partial charge in [-0.1, -0.05) is 57.2 Å². The fraction of sp³-hybridized carbons (Fsp3) is 0.205. The molecule has 2 aliphatic rings. The molecular weight excluding hydrogens is 596 g/mol. The Morgan fingerprint density at radius 1 is 0.979 bits per heavy atom. The Morgan fingerprint density at radius 3 is 2.58 bits per heavy atom. The van der Waals surface area contributed by atoms with Crippen LogP contribution in [0, 0.1) is 0 Å². The predicted molar refractivity (Wildman–Crippen MR) is 194 cm³/mol. The number of hydrogen-bond acceptors (Lipinski definition) is 5. The zero-order valence-corrected chi connectivity index (χ0v) is 27.3. The molecule has 0 amide bonds. The number of nitrogens with two attached hydrogens (primary N) is 2. The van der Waals surface area contributed by atoms with E-state index in [0.717, 1.165) is 86.6 Å². The van der Waals surface area contributed by atoms with Crippen molar-refractivity contribution < 1.29 is 4.74 Å². The quantitative estimate of drug-likeness (QED) is 0.109. The van der Waals surface area contributed by atoms with Gasteiger partial charge in [0.05, 0.1) is 34.8 Å². The molecule has 3 aromatic heterocycles. The maximum absolute atomic E-state index is 6.93. The molecule has 8 rings (SSSR count). The number of aromatic nitrogens is 4. The molecule has 1 saturated heterocycles. The molecule has 5 heterocycles. The Bertz CT molecular complexity index is 2120. The minimum atomic E-state index is -0.409. The SMILES string of the molecule is C=C(N=C(N)N)c1ccc2c(c1)cc1n2C(c2cccc(-c3ccncc3)c2)Oc2cc(-c3cnc(C4CCCN4)[nH]3)ccc2-1.CCC. The highest BCUT2D eigenvalue weighted by Crippen LogP contribution is 2.46. The number of nitrogens with zero attached hydrogens (tertiary/aromatic N) is 4. The molecule has 2 aliphatic heterocycles. The van der Waals surface area contributed by atoms with Gasteiger partial charge in [0.25, 0.3) is 0 Å². The summed E-state index contributed by atoms with van der Waals surface area (Å²) >= 11 is 0. The second kappa shape index (κ2) is 13.2. The fourth-order valence-corrected chi connectivity index (χ4v) is 6.48. The summed E-state index contributed by atoms with van der Waals surface area (Å²) in [6, 6.07) is 27.5. The van der Waals surface area contributed by atoms with Crippen molar-refractivity contribution in [1.29, 1.82) is 0 Å². The lowest BCUT2D eigenvalue weighted by atomic mass is 10.0. The van der Waals surface area contributed by atoms with Gasteiger partial charge in [-0.05, 0) is 79.0 Å². The van der Waals surface area contributed by atoms with Crippen molar-refractivity contribution in [2.45, 2.75) is 45.4 Å². The average molecular weight is 637 g/mol. The first kappa shape index (κ1) is 31.0. The van der Waals surface area contributed by atoms with Gasteiger partial charge in [0.1, 0.15) is 11.6 Å². The molecule has 2 atom stereocenters. The van der Waals surface area contributed by atoms with E-state index in [9.17, 15) is 0 Å². The van der Waals surface area contributed by atoms with Crippen LogP contribution >= 0.6 is 0 Å². The van der Waals surface area contributed by atoms with E-state index in [2.05, 4.69) is 106 Å². The minimum Gasteiger partial charge on any atom is -0.465 e. The predicted octanol–water partition coefficient (Wildman–Crippen LogP) is 7.78. The monoisotopic (exact) mass is 636 g/mol. The number of nitrogens with one attached hydrogen (secondary N) is 2. The Hall–Kier alpha value is -5.67. The Balaban J connectivity index is 0.00000117. The first-order valence-electron chi connectivity index (χ1n) is 16.5. The van der Waals surface area contributed by atoms with E-state index >= 15 is 0 Å². The van der Waals surface area contributed by atoms with Gasteiger partial charge in [-0.3, -0.25) is 4.98 Å². The van der Waals surface area contributed by atoms with Crippen molar-refractivity contribution in [2.24, 2.45) is 16.5 Å². The van der Waals surface area contributed by atoms with Gasteiger partial charge in [0.15, 0.2) is 5.96 Å². The third-order valence-electron chi connectivity index (χ3n) is 8.65. The van der Waals surface area contributed by atoms with Gasteiger partial charge in [-0.25, -0.2) is 9.98 Å². The molecule has 0 spiro atoms. The minimum absolute atomic E-state index is 0.0209. The molecule has 0 bridgehead atoms. The van der Waals surface area contributed by atoms with E-state index in [1.54, 1.807) is 0 Å². The van der Waals surface area contributed by atoms with Crippen LogP contribution in [0.4, 0.5) is 0 Å². The molecule has 0 aliphatic carbocycles. The van der Waals surface area contributed by atoms with E-state index in [1.807, 2.05) is 36.8 Å². The summed E-state index contributed by atoms with van der Waals surface area (Å²) in [7, 11) is 0. The Labute approximate surface area is 280 Å². The second-order valence-corrected chi connectivity index (χ2v) is 12.2. The molecule has 48 heavy (non-hydrogen) atoms. The Kier molecular flexibility index (Phi) is 8.52. The van der Waals surface area contributed by atoms with Crippen LogP contribution in [0.2, 0.25) is 0 Å². The number of benzene rings is 3. The van der Waals surface area contributed by atoms with Crippen LogP contribution in [0.25, 0.3) is 50.2 Å². The molecular formula is C39H40N8O. The van der Waals surface area contributed by atoms with Crippen LogP contribution in [-0.4, -0.2) is 32.0 Å². The number of aliphatic imine (C=N–C) groups is 1. The lowest BCUT2D eigenvalue weighted by Gasteiger charge is -2.31. The van der Waals surface area contributed by atoms with Crippen molar-refractivity contribution in [1.82, 2.24) is 24.8 Å². The van der Waals surface area contributed by atoms with E-state index in [4.69, 9.17) is 21.2 Å². The van der Waals surface area contributed by atoms with Crippen molar-refractivity contribution in [3.63, 3.8) is 0 Å². The molecule has 2 unspecified atom stereocenters. The molecule has 3 aromatic carbocycles. The number of aromatic amines is 1. The largest absolute Gasteiger partial charge is 0.465 e. The summed E-state index contributed by atoms with van der Waals surface area (Å²) in [4.78, 5) is 16.6. The maximum Gasteiger partial charge on any atom is 0.203 e. The van der Waals surface area contributed by atoms with E-state index in [0.29, 0.717) is 5.70 Å². The topological polar surface area (TPSA) is 132 Å². The third-order valence-corrected chi connectivity index (χ3v) is 8.65. The molecule has 6 N–H and O–H groups in total. The van der Waals surface area contributed by atoms with Gasteiger partial charge >= 0.3 is 0 Å². The third kappa shape index (κ3) is 5.96. The van der Waals surface area contributed by atoms with Crippen LogP contribution in [0.1, 0.15) is 62.3 Å². The van der Waals surface area contributed by atoms with E-state index in [1.165, 1.54) is 6.42 Å². The van der Waals surface area contributed by atoms with Crippen molar-refractivity contribution in [3.8, 4) is 39.4 Å². The van der Waals surface area contributed by atoms with E-state index in [-0.39, 0.29) is 12.0 Å². The van der Waals surface area contributed by atoms with Gasteiger partial charge in [-0.2, -0.15) is 0 Å². The first-order chi connectivity index (χ1) is 23.4. The van der Waals surface area contributed by atoms with Crippen molar-refractivity contribution in [3.05, 3.63) is 121 Å². The summed E-state index contributed by atoms with van der Waals surface area (Å²) in [6.45, 7) is 9.33. The smallest absolute Gasteiger partial charge is 0.203 e. The summed E-state index contributed by atoms with van der Waals surface area (Å²) in [6.07, 6.45) is 8.63. The lowest BCUT2D eigenvalue weighted by Crippen LogP contribution is -2.22. The molecule has 9 heteroatoms. The highest BCUT2D eigenvalue weighted by atomic mass is 16.5. The number of imidazole rings is 1. The zero-order chi connectivity index (χ0) is 33.2. The normalized spacial score (nSPS) is 16.3. The highest BCUT2D eigenvalue weighted by Gasteiger charge is 2.30. The average Bonchev–Trinajstić information content (AvgIpc) is 3.88. The molecule has 1 fully saturated rings. The summed E-state index contributed by atoms with van der Waals surface area (Å²) in [5.74, 6) is 1.76. The molecule has 6 aromatic rings. The number of pyridine rings is 1. The molecule has 0 radical (unpaired) electrons. The van der Waals surface area contributed by atoms with Crippen molar-refractivity contribution in [2.75, 3.05) is 6.54 Å². The van der Waals surface area contributed by atoms with Gasteiger partial charge in [-0.15, -0.1) is 0 Å². The summed E-state index contributed by atoms with van der Waals surface area (Å²) in [5.41, 5.74) is 20.9. The number of fused-ring (bicyclic) bond motifs is 5. The number of rotatable bonds is 6. The number of hydrogen-bond donors (Lipinski definition) is 4. The summed E-state index contributed by atoms with van der Waals surface area (Å²) < 4.78 is 9.19. The van der Waals surface area contributed by atoms with Gasteiger partial charge < -0.3 is 31.1 Å². The Morgan fingerprint density at radius 2 is 1.81 bits per heavy atom. The van der Waals surface area contributed by atoms with Gasteiger partial charge in [0.2, 0.25) is 6.23 Å². The van der Waals surface area contributed by atoms with Crippen LogP contribution in [-0.2, 0) is 0 Å². The second-order valence-electron chi connectivity index (χ2n) is 12.2. The number of ether oxygens (including phenoxy) is 1.